The molecule has 0 aliphatic heterocycles. The van der Waals surface area contributed by atoms with Gasteiger partial charge in [0.25, 0.3) is 0 Å². The lowest BCUT2D eigenvalue weighted by atomic mass is 10.2. The molecule has 0 saturated heterocycles. The quantitative estimate of drug-likeness (QED) is 0.907. The Balaban J connectivity index is 2.14. The van der Waals surface area contributed by atoms with Gasteiger partial charge in [0.1, 0.15) is 0 Å². The molecule has 2 rings (SSSR count). The van der Waals surface area contributed by atoms with Crippen molar-refractivity contribution in [2.24, 2.45) is 0 Å². The first kappa shape index (κ1) is 14.4. The van der Waals surface area contributed by atoms with Crippen LogP contribution in [0, 0.1) is 0 Å². The first-order chi connectivity index (χ1) is 9.11. The number of benzene rings is 1. The number of nitrogens with one attached hydrogen (secondary N) is 1. The Hall–Kier alpha value is -1.03. The van der Waals surface area contributed by atoms with Gasteiger partial charge in [-0.2, -0.15) is 5.10 Å². The SMILES string of the molecule is CCNC(C)c1cnn(Cc2cccc(Cl)c2Cl)c1. The Morgan fingerprint density at radius 3 is 2.89 bits per heavy atom. The summed E-state index contributed by atoms with van der Waals surface area (Å²) >= 11 is 12.2. The van der Waals surface area contributed by atoms with E-state index in [0.717, 1.165) is 12.1 Å². The van der Waals surface area contributed by atoms with Crippen LogP contribution in [-0.2, 0) is 6.54 Å². The van der Waals surface area contributed by atoms with E-state index in [1.807, 2.05) is 29.2 Å². The van der Waals surface area contributed by atoms with Crippen molar-refractivity contribution in [2.75, 3.05) is 6.54 Å². The number of hydrogen-bond donors (Lipinski definition) is 1. The molecule has 19 heavy (non-hydrogen) atoms. The zero-order chi connectivity index (χ0) is 13.8. The van der Waals surface area contributed by atoms with Crippen LogP contribution in [0.5, 0.6) is 0 Å². The van der Waals surface area contributed by atoms with Crippen molar-refractivity contribution in [1.29, 1.82) is 0 Å². The van der Waals surface area contributed by atoms with Crippen LogP contribution in [-0.4, -0.2) is 16.3 Å². The largest absolute Gasteiger partial charge is 0.310 e. The Bertz CT molecular complexity index is 551. The maximum absolute atomic E-state index is 6.18. The fourth-order valence-corrected chi connectivity index (χ4v) is 2.34. The van der Waals surface area contributed by atoms with Crippen LogP contribution in [0.4, 0.5) is 0 Å². The van der Waals surface area contributed by atoms with E-state index in [0.29, 0.717) is 22.6 Å². The number of rotatable bonds is 5. The molecular formula is C14H17Cl2N3. The second kappa shape index (κ2) is 6.42. The van der Waals surface area contributed by atoms with Crippen molar-refractivity contribution in [3.8, 4) is 0 Å². The van der Waals surface area contributed by atoms with Gasteiger partial charge in [0.2, 0.25) is 0 Å². The monoisotopic (exact) mass is 297 g/mol. The van der Waals surface area contributed by atoms with Gasteiger partial charge in [-0.25, -0.2) is 0 Å². The first-order valence-corrected chi connectivity index (χ1v) is 7.06. The predicted molar refractivity (Wildman–Crippen MR) is 79.9 cm³/mol. The van der Waals surface area contributed by atoms with Crippen LogP contribution < -0.4 is 5.32 Å². The van der Waals surface area contributed by atoms with Gasteiger partial charge in [0, 0.05) is 17.8 Å². The van der Waals surface area contributed by atoms with Crippen molar-refractivity contribution in [2.45, 2.75) is 26.4 Å². The average Bonchev–Trinajstić information content (AvgIpc) is 2.84. The van der Waals surface area contributed by atoms with Crippen LogP contribution in [0.1, 0.15) is 31.0 Å². The van der Waals surface area contributed by atoms with E-state index in [1.165, 1.54) is 5.56 Å². The zero-order valence-corrected chi connectivity index (χ0v) is 12.5. The summed E-state index contributed by atoms with van der Waals surface area (Å²) in [6.45, 7) is 5.77. The molecule has 5 heteroatoms. The molecule has 1 N–H and O–H groups in total. The molecule has 0 aliphatic carbocycles. The van der Waals surface area contributed by atoms with Crippen molar-refractivity contribution >= 4 is 23.2 Å². The molecule has 102 valence electrons. The second-order valence-electron chi connectivity index (χ2n) is 4.46. The molecule has 0 fully saturated rings. The van der Waals surface area contributed by atoms with Gasteiger partial charge in [-0.15, -0.1) is 0 Å². The number of halogens is 2. The topological polar surface area (TPSA) is 29.9 Å². The zero-order valence-electron chi connectivity index (χ0n) is 11.0. The molecule has 0 saturated carbocycles. The summed E-state index contributed by atoms with van der Waals surface area (Å²) in [5.41, 5.74) is 2.14. The Labute approximate surface area is 123 Å². The number of hydrogen-bond acceptors (Lipinski definition) is 2. The fraction of sp³-hybridized carbons (Fsp3) is 0.357. The summed E-state index contributed by atoms with van der Waals surface area (Å²) in [7, 11) is 0. The molecular weight excluding hydrogens is 281 g/mol. The van der Waals surface area contributed by atoms with E-state index >= 15 is 0 Å². The van der Waals surface area contributed by atoms with Crippen molar-refractivity contribution in [1.82, 2.24) is 15.1 Å². The van der Waals surface area contributed by atoms with Crippen molar-refractivity contribution in [3.05, 3.63) is 51.8 Å². The fourth-order valence-electron chi connectivity index (χ4n) is 1.96. The Kier molecular flexibility index (Phi) is 4.86. The Morgan fingerprint density at radius 1 is 1.37 bits per heavy atom. The van der Waals surface area contributed by atoms with Crippen LogP contribution >= 0.6 is 23.2 Å². The third kappa shape index (κ3) is 3.50. The van der Waals surface area contributed by atoms with Gasteiger partial charge in [0.15, 0.2) is 0 Å². The molecule has 1 aromatic carbocycles. The van der Waals surface area contributed by atoms with Crippen LogP contribution in [0.25, 0.3) is 0 Å². The molecule has 0 radical (unpaired) electrons. The average molecular weight is 298 g/mol. The van der Waals surface area contributed by atoms with Gasteiger partial charge >= 0.3 is 0 Å². The smallest absolute Gasteiger partial charge is 0.0674 e. The highest BCUT2D eigenvalue weighted by molar-refractivity contribution is 6.42. The molecule has 0 spiro atoms. The van der Waals surface area contributed by atoms with Crippen LogP contribution in [0.3, 0.4) is 0 Å². The van der Waals surface area contributed by atoms with E-state index < -0.39 is 0 Å². The minimum absolute atomic E-state index is 0.300. The highest BCUT2D eigenvalue weighted by atomic mass is 35.5. The first-order valence-electron chi connectivity index (χ1n) is 6.30. The molecule has 1 unspecified atom stereocenters. The minimum Gasteiger partial charge on any atom is -0.310 e. The minimum atomic E-state index is 0.300. The molecule has 1 atom stereocenters. The highest BCUT2D eigenvalue weighted by Crippen LogP contribution is 2.26. The number of aromatic nitrogens is 2. The lowest BCUT2D eigenvalue weighted by Crippen LogP contribution is -2.17. The van der Waals surface area contributed by atoms with Crippen molar-refractivity contribution < 1.29 is 0 Å². The summed E-state index contributed by atoms with van der Waals surface area (Å²) in [5.74, 6) is 0. The van der Waals surface area contributed by atoms with Gasteiger partial charge in [-0.1, -0.05) is 42.3 Å². The summed E-state index contributed by atoms with van der Waals surface area (Å²) in [4.78, 5) is 0. The van der Waals surface area contributed by atoms with Gasteiger partial charge in [0.05, 0.1) is 22.8 Å². The van der Waals surface area contributed by atoms with Gasteiger partial charge < -0.3 is 5.32 Å². The predicted octanol–water partition coefficient (Wildman–Crippen LogP) is 3.91. The molecule has 0 bridgehead atoms. The highest BCUT2D eigenvalue weighted by Gasteiger charge is 2.09. The molecule has 2 aromatic rings. The van der Waals surface area contributed by atoms with Gasteiger partial charge in [-0.05, 0) is 25.1 Å². The van der Waals surface area contributed by atoms with E-state index in [1.54, 1.807) is 6.07 Å². The summed E-state index contributed by atoms with van der Waals surface area (Å²) in [6, 6.07) is 5.95. The maximum atomic E-state index is 6.18. The summed E-state index contributed by atoms with van der Waals surface area (Å²) in [6.07, 6.45) is 3.91. The van der Waals surface area contributed by atoms with E-state index in [2.05, 4.69) is 24.3 Å². The normalized spacial score (nSPS) is 12.6. The van der Waals surface area contributed by atoms with Crippen LogP contribution in [0.2, 0.25) is 10.0 Å². The summed E-state index contributed by atoms with van der Waals surface area (Å²) in [5, 5.41) is 8.89. The standard InChI is InChI=1S/C14H17Cl2N3/c1-3-17-10(2)12-7-18-19(9-12)8-11-5-4-6-13(15)14(11)16/h4-7,9-10,17H,3,8H2,1-2H3. The van der Waals surface area contributed by atoms with Crippen molar-refractivity contribution in [3.63, 3.8) is 0 Å². The lowest BCUT2D eigenvalue weighted by molar-refractivity contribution is 0.596. The molecule has 1 aromatic heterocycles. The molecule has 3 nitrogen and oxygen atoms in total. The third-order valence-corrected chi connectivity index (χ3v) is 3.89. The van der Waals surface area contributed by atoms with E-state index in [4.69, 9.17) is 23.2 Å². The molecule has 1 heterocycles. The van der Waals surface area contributed by atoms with Crippen LogP contribution in [0.15, 0.2) is 30.6 Å². The second-order valence-corrected chi connectivity index (χ2v) is 5.25. The molecule has 0 amide bonds. The summed E-state index contributed by atoms with van der Waals surface area (Å²) < 4.78 is 1.88. The van der Waals surface area contributed by atoms with E-state index in [-0.39, 0.29) is 0 Å². The Morgan fingerprint density at radius 2 is 2.16 bits per heavy atom. The molecule has 0 aliphatic rings. The third-order valence-electron chi connectivity index (χ3n) is 3.03. The number of nitrogens with zero attached hydrogens (tertiary/aromatic N) is 2. The van der Waals surface area contributed by atoms with E-state index in [9.17, 15) is 0 Å². The maximum Gasteiger partial charge on any atom is 0.0674 e. The van der Waals surface area contributed by atoms with Gasteiger partial charge in [-0.3, -0.25) is 4.68 Å². The lowest BCUT2D eigenvalue weighted by Gasteiger charge is -2.09.